The summed E-state index contributed by atoms with van der Waals surface area (Å²) in [5, 5.41) is 12.2. The predicted octanol–water partition coefficient (Wildman–Crippen LogP) is 3.77. The van der Waals surface area contributed by atoms with Gasteiger partial charge in [-0.25, -0.2) is 19.9 Å². The fourth-order valence-corrected chi connectivity index (χ4v) is 4.31. The van der Waals surface area contributed by atoms with Crippen LogP contribution in [0, 0.1) is 0 Å². The van der Waals surface area contributed by atoms with Crippen LogP contribution in [0.1, 0.15) is 24.5 Å². The molecule has 41 heavy (non-hydrogen) atoms. The molecule has 2 aromatic carbocycles. The third-order valence-corrected chi connectivity index (χ3v) is 6.24. The van der Waals surface area contributed by atoms with Gasteiger partial charge in [0.1, 0.15) is 23.3 Å². The van der Waals surface area contributed by atoms with Crippen molar-refractivity contribution in [1.29, 1.82) is 0 Å². The molecule has 222 valence electrons. The third-order valence-electron chi connectivity index (χ3n) is 6.24. The van der Waals surface area contributed by atoms with E-state index in [1.165, 1.54) is 0 Å². The Morgan fingerprint density at radius 1 is 0.585 bits per heavy atom. The van der Waals surface area contributed by atoms with Gasteiger partial charge >= 0.3 is 0 Å². The van der Waals surface area contributed by atoms with Crippen molar-refractivity contribution >= 4 is 33.4 Å². The fraction of sp³-hybridized carbons (Fsp3) is 0.484. The Morgan fingerprint density at radius 2 is 1.05 bits per heavy atom. The third kappa shape index (κ3) is 10.8. The smallest absolute Gasteiger partial charge is 0.145 e. The standard InChI is InChI=1S/C16H25N5.C15H23N5/c1-20(2)11-7-10-17-16-13-8-5-6-9-14(13)18-15(19-16)12-21(3)4;1-16-11-14-18-13-8-5-4-7-12(13)15(19-14)17-9-6-10-20(2)3/h5-6,8-9H,7,10-12H2,1-4H3,(H,17,18,19);4-5,7-8,16H,6,9-11H2,1-3H3,(H,17,18,19). The average molecular weight is 561 g/mol. The zero-order valence-electron chi connectivity index (χ0n) is 25.9. The van der Waals surface area contributed by atoms with Crippen LogP contribution in [0.5, 0.6) is 0 Å². The van der Waals surface area contributed by atoms with Gasteiger partial charge in [-0.1, -0.05) is 24.3 Å². The molecule has 2 aromatic heterocycles. The summed E-state index contributed by atoms with van der Waals surface area (Å²) in [6, 6.07) is 16.3. The molecule has 0 spiro atoms. The minimum atomic E-state index is 0.678. The van der Waals surface area contributed by atoms with Crippen molar-refractivity contribution in [1.82, 2.24) is 40.0 Å². The number of fused-ring (bicyclic) bond motifs is 2. The summed E-state index contributed by atoms with van der Waals surface area (Å²) in [5.74, 6) is 3.55. The van der Waals surface area contributed by atoms with Crippen LogP contribution in [0.15, 0.2) is 48.5 Å². The zero-order valence-corrected chi connectivity index (χ0v) is 25.9. The van der Waals surface area contributed by atoms with Crippen molar-refractivity contribution in [2.75, 3.05) is 86.1 Å². The van der Waals surface area contributed by atoms with Gasteiger partial charge in [0.2, 0.25) is 0 Å². The number of nitrogens with one attached hydrogen (secondary N) is 3. The molecule has 0 bridgehead atoms. The highest BCUT2D eigenvalue weighted by Gasteiger charge is 2.08. The molecule has 4 aromatic rings. The van der Waals surface area contributed by atoms with E-state index in [0.29, 0.717) is 6.54 Å². The van der Waals surface area contributed by atoms with Gasteiger partial charge in [-0.3, -0.25) is 0 Å². The SMILES string of the molecule is CN(C)CCCNc1nc(CN(C)C)nc2ccccc12.CNCc1nc(NCCCN(C)C)c2ccccc2n1. The molecule has 10 heteroatoms. The van der Waals surface area contributed by atoms with E-state index in [4.69, 9.17) is 0 Å². The predicted molar refractivity (Wildman–Crippen MR) is 173 cm³/mol. The lowest BCUT2D eigenvalue weighted by molar-refractivity contribution is 0.391. The normalized spacial score (nSPS) is 11.4. The van der Waals surface area contributed by atoms with Gasteiger partial charge in [-0.2, -0.15) is 0 Å². The molecule has 0 aliphatic heterocycles. The summed E-state index contributed by atoms with van der Waals surface area (Å²) in [6.45, 7) is 5.40. The minimum Gasteiger partial charge on any atom is -0.369 e. The van der Waals surface area contributed by atoms with Crippen LogP contribution >= 0.6 is 0 Å². The number of hydrogen-bond acceptors (Lipinski definition) is 10. The van der Waals surface area contributed by atoms with Gasteiger partial charge in [0.25, 0.3) is 0 Å². The number of benzene rings is 2. The summed E-state index contributed by atoms with van der Waals surface area (Å²) in [4.78, 5) is 24.9. The molecule has 4 rings (SSSR count). The molecular formula is C31H48N10. The second-order valence-electron chi connectivity index (χ2n) is 10.9. The van der Waals surface area contributed by atoms with Gasteiger partial charge in [-0.05, 0) is 99.5 Å². The van der Waals surface area contributed by atoms with Crippen LogP contribution in [0.25, 0.3) is 21.8 Å². The lowest BCUT2D eigenvalue weighted by Crippen LogP contribution is -2.18. The number of hydrogen-bond donors (Lipinski definition) is 3. The topological polar surface area (TPSA) is 97.4 Å². The highest BCUT2D eigenvalue weighted by atomic mass is 15.1. The van der Waals surface area contributed by atoms with Crippen molar-refractivity contribution in [3.8, 4) is 0 Å². The van der Waals surface area contributed by atoms with Crippen molar-refractivity contribution in [3.63, 3.8) is 0 Å². The lowest BCUT2D eigenvalue weighted by atomic mass is 10.2. The monoisotopic (exact) mass is 560 g/mol. The number of rotatable bonds is 14. The summed E-state index contributed by atoms with van der Waals surface area (Å²) in [7, 11) is 14.3. The second-order valence-corrected chi connectivity index (χ2v) is 10.9. The van der Waals surface area contributed by atoms with Crippen LogP contribution in [-0.4, -0.2) is 110 Å². The van der Waals surface area contributed by atoms with E-state index in [1.54, 1.807) is 0 Å². The van der Waals surface area contributed by atoms with Crippen molar-refractivity contribution in [2.24, 2.45) is 0 Å². The second kappa shape index (κ2) is 16.7. The van der Waals surface area contributed by atoms with Crippen LogP contribution < -0.4 is 16.0 Å². The molecule has 10 nitrogen and oxygen atoms in total. The maximum Gasteiger partial charge on any atom is 0.145 e. The van der Waals surface area contributed by atoms with E-state index < -0.39 is 0 Å². The van der Waals surface area contributed by atoms with E-state index in [2.05, 4.69) is 90.9 Å². The lowest BCUT2D eigenvalue weighted by Gasteiger charge is -2.14. The Hall–Kier alpha value is -3.44. The number of anilines is 2. The van der Waals surface area contributed by atoms with E-state index in [1.807, 2.05) is 57.5 Å². The first-order valence-corrected chi connectivity index (χ1v) is 14.3. The molecule has 2 heterocycles. The van der Waals surface area contributed by atoms with Crippen molar-refractivity contribution in [2.45, 2.75) is 25.9 Å². The fourth-order valence-electron chi connectivity index (χ4n) is 4.31. The Kier molecular flexibility index (Phi) is 13.1. The zero-order chi connectivity index (χ0) is 29.6. The van der Waals surface area contributed by atoms with Crippen LogP contribution in [0.4, 0.5) is 11.6 Å². The molecule has 0 aliphatic rings. The van der Waals surface area contributed by atoms with Crippen LogP contribution in [-0.2, 0) is 13.1 Å². The summed E-state index contributed by atoms with van der Waals surface area (Å²) >= 11 is 0. The summed E-state index contributed by atoms with van der Waals surface area (Å²) in [5.41, 5.74) is 1.99. The molecule has 0 radical (unpaired) electrons. The van der Waals surface area contributed by atoms with Crippen molar-refractivity contribution in [3.05, 3.63) is 60.2 Å². The molecule has 0 fully saturated rings. The number of nitrogens with zero attached hydrogens (tertiary/aromatic N) is 7. The maximum absolute atomic E-state index is 4.68. The quantitative estimate of drug-likeness (QED) is 0.198. The molecule has 3 N–H and O–H groups in total. The van der Waals surface area contributed by atoms with Gasteiger partial charge in [0.15, 0.2) is 0 Å². The van der Waals surface area contributed by atoms with E-state index in [-0.39, 0.29) is 0 Å². The van der Waals surface area contributed by atoms with Crippen LogP contribution in [0.2, 0.25) is 0 Å². The molecule has 0 atom stereocenters. The minimum absolute atomic E-state index is 0.678. The molecule has 0 saturated carbocycles. The molecule has 0 unspecified atom stereocenters. The number of para-hydroxylation sites is 2. The Bertz CT molecular complexity index is 1340. The highest BCUT2D eigenvalue weighted by molar-refractivity contribution is 5.89. The first-order valence-electron chi connectivity index (χ1n) is 14.3. The van der Waals surface area contributed by atoms with Crippen molar-refractivity contribution < 1.29 is 0 Å². The summed E-state index contributed by atoms with van der Waals surface area (Å²) < 4.78 is 0. The maximum atomic E-state index is 4.68. The van der Waals surface area contributed by atoms with E-state index in [0.717, 1.165) is 90.7 Å². The molecule has 0 aliphatic carbocycles. The molecule has 0 amide bonds. The number of aromatic nitrogens is 4. The van der Waals surface area contributed by atoms with Gasteiger partial charge in [0, 0.05) is 23.9 Å². The summed E-state index contributed by atoms with van der Waals surface area (Å²) in [6.07, 6.45) is 2.18. The first kappa shape index (κ1) is 32.1. The largest absolute Gasteiger partial charge is 0.369 e. The van der Waals surface area contributed by atoms with Crippen LogP contribution in [0.3, 0.4) is 0 Å². The Morgan fingerprint density at radius 3 is 1.51 bits per heavy atom. The van der Waals surface area contributed by atoms with Gasteiger partial charge in [0.05, 0.1) is 24.1 Å². The van der Waals surface area contributed by atoms with E-state index >= 15 is 0 Å². The first-order chi connectivity index (χ1) is 19.8. The molecular weight excluding hydrogens is 512 g/mol. The average Bonchev–Trinajstić information content (AvgIpc) is 2.93. The highest BCUT2D eigenvalue weighted by Crippen LogP contribution is 2.21. The molecule has 0 saturated heterocycles. The Balaban J connectivity index is 0.000000226. The van der Waals surface area contributed by atoms with Gasteiger partial charge in [-0.15, -0.1) is 0 Å². The van der Waals surface area contributed by atoms with Gasteiger partial charge < -0.3 is 30.7 Å². The van der Waals surface area contributed by atoms with E-state index in [9.17, 15) is 0 Å². The Labute approximate surface area is 245 Å².